The summed E-state index contributed by atoms with van der Waals surface area (Å²) in [5.74, 6) is 0.820. The minimum Gasteiger partial charge on any atom is -0.340 e. The molecule has 1 aliphatic rings. The van der Waals surface area contributed by atoms with E-state index < -0.39 is 0 Å². The van der Waals surface area contributed by atoms with Gasteiger partial charge in [0.05, 0.1) is 17.9 Å². The Bertz CT molecular complexity index is 1290. The number of aryl methyl sites for hydroxylation is 3. The number of benzene rings is 1. The Labute approximate surface area is 191 Å². The summed E-state index contributed by atoms with van der Waals surface area (Å²) >= 11 is 1.50. The maximum Gasteiger partial charge on any atom is 0.266 e. The number of nitrogens with zero attached hydrogens (tertiary/aromatic N) is 4. The molecule has 4 aromatic rings. The highest BCUT2D eigenvalue weighted by Crippen LogP contribution is 2.30. The number of fused-ring (bicyclic) bond motifs is 1. The predicted molar refractivity (Wildman–Crippen MR) is 128 cm³/mol. The molecule has 0 bridgehead atoms. The molecular formula is C25H25N5OS. The van der Waals surface area contributed by atoms with Crippen molar-refractivity contribution in [3.8, 4) is 5.69 Å². The van der Waals surface area contributed by atoms with Crippen LogP contribution in [0.15, 0.2) is 54.2 Å². The van der Waals surface area contributed by atoms with E-state index in [9.17, 15) is 4.79 Å². The van der Waals surface area contributed by atoms with Crippen molar-refractivity contribution >= 4 is 28.7 Å². The second-order valence-electron chi connectivity index (χ2n) is 8.21. The van der Waals surface area contributed by atoms with E-state index in [0.717, 1.165) is 44.7 Å². The number of hydrogen-bond acceptors (Lipinski definition) is 5. The summed E-state index contributed by atoms with van der Waals surface area (Å²) in [6.45, 7) is 7.33. The highest BCUT2D eigenvalue weighted by atomic mass is 32.1. The molecular weight excluding hydrogens is 418 g/mol. The van der Waals surface area contributed by atoms with Gasteiger partial charge < -0.3 is 14.8 Å². The van der Waals surface area contributed by atoms with Crippen molar-refractivity contribution in [2.75, 3.05) is 11.9 Å². The Morgan fingerprint density at radius 2 is 1.88 bits per heavy atom. The maximum atomic E-state index is 13.6. The standard InChI is InChI=1S/C25H25N5OS/c1-16-5-4-6-19(13-16)28-24-20-14-29(11-9-21(20)26-15-27-24)25(31)23-22(10-12-32-23)30-17(2)7-8-18(30)3/h4-8,10,12-13,15H,9,11,14H2,1-3H3,(H,26,27,28). The average molecular weight is 444 g/mol. The molecule has 4 heterocycles. The first-order valence-electron chi connectivity index (χ1n) is 10.7. The molecule has 5 rings (SSSR count). The van der Waals surface area contributed by atoms with Gasteiger partial charge in [-0.2, -0.15) is 0 Å². The van der Waals surface area contributed by atoms with Crippen LogP contribution in [0.3, 0.4) is 0 Å². The minimum atomic E-state index is 0.0542. The molecule has 1 aliphatic heterocycles. The van der Waals surface area contributed by atoms with Crippen molar-refractivity contribution < 1.29 is 4.79 Å². The van der Waals surface area contributed by atoms with Crippen LogP contribution in [0.25, 0.3) is 5.69 Å². The summed E-state index contributed by atoms with van der Waals surface area (Å²) in [6, 6.07) is 14.4. The van der Waals surface area contributed by atoms with E-state index in [1.54, 1.807) is 6.33 Å². The Balaban J connectivity index is 1.44. The lowest BCUT2D eigenvalue weighted by molar-refractivity contribution is 0.0738. The fraction of sp³-hybridized carbons (Fsp3) is 0.240. The zero-order valence-electron chi connectivity index (χ0n) is 18.4. The van der Waals surface area contributed by atoms with Crippen LogP contribution in [-0.4, -0.2) is 31.9 Å². The lowest BCUT2D eigenvalue weighted by Crippen LogP contribution is -2.37. The van der Waals surface area contributed by atoms with Crippen molar-refractivity contribution in [3.63, 3.8) is 0 Å². The molecule has 1 amide bonds. The summed E-state index contributed by atoms with van der Waals surface area (Å²) in [4.78, 5) is 25.2. The third-order valence-electron chi connectivity index (χ3n) is 5.92. The topological polar surface area (TPSA) is 63.1 Å². The van der Waals surface area contributed by atoms with Gasteiger partial charge in [0.1, 0.15) is 17.0 Å². The fourth-order valence-electron chi connectivity index (χ4n) is 4.31. The monoisotopic (exact) mass is 443 g/mol. The van der Waals surface area contributed by atoms with Crippen LogP contribution in [0.2, 0.25) is 0 Å². The number of hydrogen-bond donors (Lipinski definition) is 1. The summed E-state index contributed by atoms with van der Waals surface area (Å²) in [6.07, 6.45) is 2.32. The van der Waals surface area contributed by atoms with Crippen molar-refractivity contribution in [3.05, 3.63) is 87.3 Å². The van der Waals surface area contributed by atoms with E-state index in [4.69, 9.17) is 0 Å². The summed E-state index contributed by atoms with van der Waals surface area (Å²) < 4.78 is 2.15. The van der Waals surface area contributed by atoms with Gasteiger partial charge in [0.2, 0.25) is 0 Å². The molecule has 7 heteroatoms. The van der Waals surface area contributed by atoms with E-state index in [1.807, 2.05) is 28.5 Å². The first-order chi connectivity index (χ1) is 15.5. The minimum absolute atomic E-state index is 0.0542. The van der Waals surface area contributed by atoms with E-state index in [2.05, 4.69) is 64.9 Å². The van der Waals surface area contributed by atoms with Crippen LogP contribution in [0.5, 0.6) is 0 Å². The third kappa shape index (κ3) is 3.69. The molecule has 0 atom stereocenters. The van der Waals surface area contributed by atoms with Gasteiger partial charge in [-0.25, -0.2) is 9.97 Å². The van der Waals surface area contributed by atoms with E-state index in [1.165, 1.54) is 16.9 Å². The van der Waals surface area contributed by atoms with Crippen molar-refractivity contribution in [2.45, 2.75) is 33.7 Å². The number of nitrogens with one attached hydrogen (secondary N) is 1. The molecule has 3 aromatic heterocycles. The summed E-state index contributed by atoms with van der Waals surface area (Å²) in [5, 5.41) is 5.42. The van der Waals surface area contributed by atoms with Crippen LogP contribution in [0, 0.1) is 20.8 Å². The third-order valence-corrected chi connectivity index (χ3v) is 6.81. The van der Waals surface area contributed by atoms with Gasteiger partial charge in [0, 0.05) is 35.6 Å². The van der Waals surface area contributed by atoms with Crippen LogP contribution in [-0.2, 0) is 13.0 Å². The number of thiophene rings is 1. The smallest absolute Gasteiger partial charge is 0.266 e. The van der Waals surface area contributed by atoms with Gasteiger partial charge >= 0.3 is 0 Å². The molecule has 0 unspecified atom stereocenters. The van der Waals surface area contributed by atoms with Gasteiger partial charge in [-0.3, -0.25) is 4.79 Å². The van der Waals surface area contributed by atoms with Gasteiger partial charge in [-0.15, -0.1) is 11.3 Å². The zero-order chi connectivity index (χ0) is 22.2. The number of rotatable bonds is 4. The van der Waals surface area contributed by atoms with Crippen LogP contribution < -0.4 is 5.32 Å². The van der Waals surface area contributed by atoms with Gasteiger partial charge in [-0.1, -0.05) is 12.1 Å². The van der Waals surface area contributed by atoms with Crippen molar-refractivity contribution in [2.24, 2.45) is 0 Å². The quantitative estimate of drug-likeness (QED) is 0.471. The number of amides is 1. The van der Waals surface area contributed by atoms with Crippen molar-refractivity contribution in [1.29, 1.82) is 0 Å². The largest absolute Gasteiger partial charge is 0.340 e. The number of aromatic nitrogens is 3. The first kappa shape index (κ1) is 20.5. The predicted octanol–water partition coefficient (Wildman–Crippen LogP) is 5.20. The molecule has 1 N–H and O–H groups in total. The molecule has 0 spiro atoms. The van der Waals surface area contributed by atoms with Crippen LogP contribution >= 0.6 is 11.3 Å². The van der Waals surface area contributed by atoms with Gasteiger partial charge in [0.25, 0.3) is 5.91 Å². The second-order valence-corrected chi connectivity index (χ2v) is 9.12. The normalized spacial score (nSPS) is 13.2. The fourth-order valence-corrected chi connectivity index (χ4v) is 5.16. The summed E-state index contributed by atoms with van der Waals surface area (Å²) in [5.41, 5.74) is 7.34. The van der Waals surface area contributed by atoms with E-state index in [-0.39, 0.29) is 5.91 Å². The number of carbonyl (C=O) groups excluding carboxylic acids is 1. The van der Waals surface area contributed by atoms with E-state index in [0.29, 0.717) is 19.5 Å². The summed E-state index contributed by atoms with van der Waals surface area (Å²) in [7, 11) is 0. The molecule has 0 saturated carbocycles. The first-order valence-corrected chi connectivity index (χ1v) is 11.6. The van der Waals surface area contributed by atoms with Crippen LogP contribution in [0.4, 0.5) is 11.5 Å². The lowest BCUT2D eigenvalue weighted by atomic mass is 10.1. The highest BCUT2D eigenvalue weighted by Gasteiger charge is 2.28. The molecule has 0 saturated heterocycles. The molecule has 1 aromatic carbocycles. The molecule has 0 radical (unpaired) electrons. The zero-order valence-corrected chi connectivity index (χ0v) is 19.2. The van der Waals surface area contributed by atoms with Crippen molar-refractivity contribution in [1.82, 2.24) is 19.4 Å². The maximum absolute atomic E-state index is 13.6. The molecule has 0 fully saturated rings. The molecule has 162 valence electrons. The lowest BCUT2D eigenvalue weighted by Gasteiger charge is -2.29. The second kappa shape index (κ2) is 8.24. The van der Waals surface area contributed by atoms with Gasteiger partial charge in [-0.05, 0) is 62.0 Å². The molecule has 32 heavy (non-hydrogen) atoms. The van der Waals surface area contributed by atoms with E-state index >= 15 is 0 Å². The Morgan fingerprint density at radius 3 is 2.66 bits per heavy atom. The van der Waals surface area contributed by atoms with Crippen LogP contribution in [0.1, 0.15) is 37.9 Å². The Morgan fingerprint density at radius 1 is 1.06 bits per heavy atom. The highest BCUT2D eigenvalue weighted by molar-refractivity contribution is 7.12. The molecule has 6 nitrogen and oxygen atoms in total. The Hall–Kier alpha value is -3.45. The number of carbonyl (C=O) groups is 1. The SMILES string of the molecule is Cc1cccc(Nc2ncnc3c2CN(C(=O)c2sccc2-n2c(C)ccc2C)CC3)c1. The number of anilines is 2. The average Bonchev–Trinajstić information content (AvgIpc) is 3.39. The molecule has 0 aliphatic carbocycles. The Kier molecular flexibility index (Phi) is 5.27. The van der Waals surface area contributed by atoms with Gasteiger partial charge in [0.15, 0.2) is 0 Å².